The summed E-state index contributed by atoms with van der Waals surface area (Å²) in [5.41, 5.74) is -0.171. The van der Waals surface area contributed by atoms with Crippen LogP contribution in [0.4, 0.5) is 5.82 Å². The van der Waals surface area contributed by atoms with Crippen LogP contribution in [0.1, 0.15) is 31.2 Å². The maximum atomic E-state index is 10.8. The average molecular weight is 328 g/mol. The summed E-state index contributed by atoms with van der Waals surface area (Å²) in [6, 6.07) is 7.49. The molecule has 0 bridgehead atoms. The van der Waals surface area contributed by atoms with Crippen molar-refractivity contribution >= 4 is 17.4 Å². The highest BCUT2D eigenvalue weighted by atomic mass is 35.5. The van der Waals surface area contributed by atoms with Gasteiger partial charge in [-0.2, -0.15) is 0 Å². The van der Waals surface area contributed by atoms with Crippen molar-refractivity contribution in [1.29, 1.82) is 0 Å². The molecule has 2 atom stereocenters. The van der Waals surface area contributed by atoms with E-state index in [1.807, 2.05) is 18.2 Å². The van der Waals surface area contributed by atoms with E-state index in [-0.39, 0.29) is 6.04 Å². The third kappa shape index (κ3) is 4.44. The highest BCUT2D eigenvalue weighted by Gasteiger charge is 2.32. The maximum Gasteiger partial charge on any atom is 0.144 e. The molecule has 3 rings (SSSR count). The van der Waals surface area contributed by atoms with Gasteiger partial charge in [0.25, 0.3) is 0 Å². The van der Waals surface area contributed by atoms with Crippen molar-refractivity contribution in [1.82, 2.24) is 9.97 Å². The van der Waals surface area contributed by atoms with Gasteiger partial charge in [0.15, 0.2) is 0 Å². The van der Waals surface area contributed by atoms with Gasteiger partial charge in [-0.15, -0.1) is 0 Å². The molecule has 1 aliphatic carbocycles. The summed E-state index contributed by atoms with van der Waals surface area (Å²) < 4.78 is 0. The fourth-order valence-corrected chi connectivity index (χ4v) is 3.02. The molecule has 0 aliphatic heterocycles. The number of benzene rings is 1. The SMILES string of the molecule is O[C@]1(C#Cc2cccc(Cl)c2)CCC[C@@H](Nc2cnccn2)C1. The van der Waals surface area contributed by atoms with Gasteiger partial charge in [-0.3, -0.25) is 4.98 Å². The molecular formula is C18H18ClN3O. The molecule has 1 aromatic heterocycles. The van der Waals surface area contributed by atoms with Gasteiger partial charge in [0.1, 0.15) is 11.4 Å². The van der Waals surface area contributed by atoms with Crippen LogP contribution in [0.15, 0.2) is 42.9 Å². The normalized spacial score (nSPS) is 23.7. The Balaban J connectivity index is 1.69. The second-order valence-electron chi connectivity index (χ2n) is 5.82. The van der Waals surface area contributed by atoms with Crippen LogP contribution in [0, 0.1) is 11.8 Å². The standard InChI is InChI=1S/C18H18ClN3O/c19-15-4-1-3-14(11-15)6-8-18(23)7-2-5-16(12-18)22-17-13-20-9-10-21-17/h1,3-4,9-11,13,16,23H,2,5,7,12H2,(H,21,22)/t16-,18+/m1/s1. The Kier molecular flexibility index (Phi) is 4.80. The molecule has 2 N–H and O–H groups in total. The molecule has 0 spiro atoms. The van der Waals surface area contributed by atoms with E-state index in [4.69, 9.17) is 11.6 Å². The lowest BCUT2D eigenvalue weighted by atomic mass is 9.82. The van der Waals surface area contributed by atoms with E-state index in [2.05, 4.69) is 27.1 Å². The van der Waals surface area contributed by atoms with E-state index >= 15 is 0 Å². The Morgan fingerprint density at radius 3 is 3.04 bits per heavy atom. The van der Waals surface area contributed by atoms with Crippen molar-refractivity contribution in [3.8, 4) is 11.8 Å². The summed E-state index contributed by atoms with van der Waals surface area (Å²) >= 11 is 5.96. The van der Waals surface area contributed by atoms with Crippen LogP contribution in [-0.2, 0) is 0 Å². The number of nitrogens with one attached hydrogen (secondary N) is 1. The molecule has 1 fully saturated rings. The van der Waals surface area contributed by atoms with E-state index in [0.29, 0.717) is 17.9 Å². The smallest absolute Gasteiger partial charge is 0.144 e. The molecule has 23 heavy (non-hydrogen) atoms. The first kappa shape index (κ1) is 15.8. The Hall–Kier alpha value is -2.09. The fourth-order valence-electron chi connectivity index (χ4n) is 2.83. The van der Waals surface area contributed by atoms with E-state index in [1.54, 1.807) is 24.7 Å². The van der Waals surface area contributed by atoms with Crippen LogP contribution in [0.3, 0.4) is 0 Å². The number of hydrogen-bond acceptors (Lipinski definition) is 4. The first-order valence-electron chi connectivity index (χ1n) is 7.67. The first-order chi connectivity index (χ1) is 11.1. The fraction of sp³-hybridized carbons (Fsp3) is 0.333. The molecule has 5 heteroatoms. The lowest BCUT2D eigenvalue weighted by Crippen LogP contribution is -2.39. The number of aliphatic hydroxyl groups is 1. The summed E-state index contributed by atoms with van der Waals surface area (Å²) in [6.45, 7) is 0. The predicted octanol–water partition coefficient (Wildman–Crippen LogP) is 3.27. The van der Waals surface area contributed by atoms with Crippen molar-refractivity contribution < 1.29 is 5.11 Å². The van der Waals surface area contributed by atoms with Crippen molar-refractivity contribution in [2.45, 2.75) is 37.3 Å². The Morgan fingerprint density at radius 2 is 2.26 bits per heavy atom. The van der Waals surface area contributed by atoms with Crippen molar-refractivity contribution in [2.24, 2.45) is 0 Å². The van der Waals surface area contributed by atoms with Gasteiger partial charge in [-0.05, 0) is 37.5 Å². The van der Waals surface area contributed by atoms with Crippen molar-refractivity contribution in [2.75, 3.05) is 5.32 Å². The van der Waals surface area contributed by atoms with Gasteiger partial charge in [0.2, 0.25) is 0 Å². The average Bonchev–Trinajstić information content (AvgIpc) is 2.54. The molecule has 0 saturated heterocycles. The summed E-state index contributed by atoms with van der Waals surface area (Å²) in [5.74, 6) is 6.79. The molecule has 1 heterocycles. The van der Waals surface area contributed by atoms with E-state index in [9.17, 15) is 5.11 Å². The van der Waals surface area contributed by atoms with Gasteiger partial charge in [-0.25, -0.2) is 4.98 Å². The van der Waals surface area contributed by atoms with Crippen LogP contribution in [-0.4, -0.2) is 26.7 Å². The number of anilines is 1. The number of rotatable bonds is 2. The molecule has 0 unspecified atom stereocenters. The number of hydrogen-bond donors (Lipinski definition) is 2. The minimum atomic E-state index is -0.986. The maximum absolute atomic E-state index is 10.8. The van der Waals surface area contributed by atoms with Gasteiger partial charge >= 0.3 is 0 Å². The second-order valence-corrected chi connectivity index (χ2v) is 6.26. The molecule has 118 valence electrons. The van der Waals surface area contributed by atoms with Gasteiger partial charge in [-0.1, -0.05) is 29.5 Å². The van der Waals surface area contributed by atoms with Gasteiger partial charge in [0.05, 0.1) is 6.20 Å². The summed E-state index contributed by atoms with van der Waals surface area (Å²) in [5, 5.41) is 14.7. The molecule has 1 aromatic carbocycles. The predicted molar refractivity (Wildman–Crippen MR) is 91.2 cm³/mol. The van der Waals surface area contributed by atoms with E-state index in [1.165, 1.54) is 0 Å². The lowest BCUT2D eigenvalue weighted by molar-refractivity contribution is 0.0561. The molecule has 1 aliphatic rings. The zero-order valence-electron chi connectivity index (χ0n) is 12.7. The Labute approximate surface area is 140 Å². The second kappa shape index (κ2) is 6.99. The largest absolute Gasteiger partial charge is 0.378 e. The van der Waals surface area contributed by atoms with Crippen LogP contribution in [0.5, 0.6) is 0 Å². The van der Waals surface area contributed by atoms with Crippen molar-refractivity contribution in [3.05, 3.63) is 53.4 Å². The molecule has 2 aromatic rings. The number of halogens is 1. The Bertz CT molecular complexity index is 726. The van der Waals surface area contributed by atoms with Gasteiger partial charge in [0, 0.05) is 35.4 Å². The summed E-state index contributed by atoms with van der Waals surface area (Å²) in [7, 11) is 0. The minimum absolute atomic E-state index is 0.138. The highest BCUT2D eigenvalue weighted by Crippen LogP contribution is 2.29. The zero-order valence-corrected chi connectivity index (χ0v) is 13.4. The number of nitrogens with zero attached hydrogens (tertiary/aromatic N) is 2. The van der Waals surface area contributed by atoms with Crippen LogP contribution in [0.2, 0.25) is 5.02 Å². The monoisotopic (exact) mass is 327 g/mol. The quantitative estimate of drug-likeness (QED) is 0.831. The summed E-state index contributed by atoms with van der Waals surface area (Å²) in [6.07, 6.45) is 8.12. The third-order valence-corrected chi connectivity index (χ3v) is 4.14. The van der Waals surface area contributed by atoms with E-state index in [0.717, 1.165) is 24.2 Å². The number of aromatic nitrogens is 2. The molecule has 1 saturated carbocycles. The van der Waals surface area contributed by atoms with Gasteiger partial charge < -0.3 is 10.4 Å². The van der Waals surface area contributed by atoms with E-state index < -0.39 is 5.60 Å². The molecule has 0 radical (unpaired) electrons. The van der Waals surface area contributed by atoms with Crippen molar-refractivity contribution in [3.63, 3.8) is 0 Å². The van der Waals surface area contributed by atoms with Crippen LogP contribution >= 0.6 is 11.6 Å². The zero-order chi connectivity index (χ0) is 16.1. The molecule has 0 amide bonds. The molecular weight excluding hydrogens is 310 g/mol. The topological polar surface area (TPSA) is 58.0 Å². The minimum Gasteiger partial charge on any atom is -0.378 e. The third-order valence-electron chi connectivity index (χ3n) is 3.91. The Morgan fingerprint density at radius 1 is 1.35 bits per heavy atom. The highest BCUT2D eigenvalue weighted by molar-refractivity contribution is 6.30. The van der Waals surface area contributed by atoms with Crippen LogP contribution in [0.25, 0.3) is 0 Å². The lowest BCUT2D eigenvalue weighted by Gasteiger charge is -2.33. The van der Waals surface area contributed by atoms with Crippen LogP contribution < -0.4 is 5.32 Å². The first-order valence-corrected chi connectivity index (χ1v) is 8.04. The molecule has 4 nitrogen and oxygen atoms in total. The summed E-state index contributed by atoms with van der Waals surface area (Å²) in [4.78, 5) is 8.26.